The fourth-order valence-corrected chi connectivity index (χ4v) is 3.82. The number of halogens is 1. The van der Waals surface area contributed by atoms with E-state index in [0.717, 1.165) is 17.3 Å². The van der Waals surface area contributed by atoms with Crippen molar-refractivity contribution in [2.24, 2.45) is 0 Å². The van der Waals surface area contributed by atoms with Gasteiger partial charge in [-0.3, -0.25) is 4.98 Å². The van der Waals surface area contributed by atoms with E-state index < -0.39 is 10.0 Å². The van der Waals surface area contributed by atoms with Crippen molar-refractivity contribution in [2.45, 2.75) is 25.7 Å². The Labute approximate surface area is 117 Å². The minimum absolute atomic E-state index is 0.191. The summed E-state index contributed by atoms with van der Waals surface area (Å²) in [7, 11) is -3.03. The first-order valence-electron chi connectivity index (χ1n) is 6.11. The van der Waals surface area contributed by atoms with Gasteiger partial charge in [0.05, 0.1) is 5.75 Å². The number of piperidine rings is 1. The van der Waals surface area contributed by atoms with Gasteiger partial charge in [0.15, 0.2) is 0 Å². The second-order valence-corrected chi connectivity index (χ2v) is 7.68. The third-order valence-electron chi connectivity index (χ3n) is 3.41. The molecule has 2 heterocycles. The predicted molar refractivity (Wildman–Crippen MR) is 74.9 cm³/mol. The van der Waals surface area contributed by atoms with Gasteiger partial charge in [0.25, 0.3) is 0 Å². The molecule has 0 atom stereocenters. The number of pyridine rings is 1. The van der Waals surface area contributed by atoms with Crippen LogP contribution in [0.5, 0.6) is 0 Å². The summed E-state index contributed by atoms with van der Waals surface area (Å²) >= 11 is 3.41. The van der Waals surface area contributed by atoms with E-state index in [1.54, 1.807) is 17.4 Å². The Morgan fingerprint density at radius 2 is 2.06 bits per heavy atom. The third-order valence-corrected chi connectivity index (χ3v) is 5.72. The minimum atomic E-state index is -3.03. The van der Waals surface area contributed by atoms with E-state index in [4.69, 9.17) is 0 Å². The standard InChI is InChI=1S/C12H17BrN2O2S/c1-2-18(16,17)15-5-3-10(4-6-15)11-7-12(13)9-14-8-11/h7-10H,2-6H2,1H3. The molecule has 0 aromatic carbocycles. The molecule has 100 valence electrons. The first-order valence-corrected chi connectivity index (χ1v) is 8.51. The van der Waals surface area contributed by atoms with E-state index >= 15 is 0 Å². The molecule has 2 rings (SSSR count). The maximum Gasteiger partial charge on any atom is 0.213 e. The highest BCUT2D eigenvalue weighted by atomic mass is 79.9. The number of hydrogen-bond acceptors (Lipinski definition) is 3. The average Bonchev–Trinajstić information content (AvgIpc) is 2.39. The first kappa shape index (κ1) is 14.0. The first-order chi connectivity index (χ1) is 8.53. The van der Waals surface area contributed by atoms with Crippen molar-refractivity contribution in [2.75, 3.05) is 18.8 Å². The topological polar surface area (TPSA) is 50.3 Å². The van der Waals surface area contributed by atoms with Gasteiger partial charge in [0.1, 0.15) is 0 Å². The van der Waals surface area contributed by atoms with E-state index in [1.165, 1.54) is 5.56 Å². The zero-order valence-corrected chi connectivity index (χ0v) is 12.7. The highest BCUT2D eigenvalue weighted by Crippen LogP contribution is 2.29. The molecular weight excluding hydrogens is 316 g/mol. The highest BCUT2D eigenvalue weighted by molar-refractivity contribution is 9.10. The van der Waals surface area contributed by atoms with E-state index in [9.17, 15) is 8.42 Å². The molecule has 0 radical (unpaired) electrons. The van der Waals surface area contributed by atoms with Gasteiger partial charge >= 0.3 is 0 Å². The Bertz CT molecular complexity index is 511. The van der Waals surface area contributed by atoms with Gasteiger partial charge in [-0.25, -0.2) is 12.7 Å². The lowest BCUT2D eigenvalue weighted by Gasteiger charge is -2.31. The lowest BCUT2D eigenvalue weighted by atomic mass is 9.91. The summed E-state index contributed by atoms with van der Waals surface area (Å²) in [6.07, 6.45) is 5.38. The van der Waals surface area contributed by atoms with Crippen molar-refractivity contribution in [1.29, 1.82) is 0 Å². The van der Waals surface area contributed by atoms with Crippen LogP contribution in [0.4, 0.5) is 0 Å². The average molecular weight is 333 g/mol. The molecule has 1 saturated heterocycles. The van der Waals surface area contributed by atoms with Crippen molar-refractivity contribution in [3.05, 3.63) is 28.5 Å². The second-order valence-electron chi connectivity index (χ2n) is 4.51. The molecule has 1 aromatic heterocycles. The van der Waals surface area contributed by atoms with Crippen LogP contribution >= 0.6 is 15.9 Å². The number of nitrogens with zero attached hydrogens (tertiary/aromatic N) is 2. The van der Waals surface area contributed by atoms with Crippen LogP contribution in [-0.2, 0) is 10.0 Å². The van der Waals surface area contributed by atoms with E-state index in [1.807, 2.05) is 6.20 Å². The molecule has 18 heavy (non-hydrogen) atoms. The van der Waals surface area contributed by atoms with Crippen molar-refractivity contribution in [3.8, 4) is 0 Å². The molecule has 0 spiro atoms. The van der Waals surface area contributed by atoms with E-state index in [-0.39, 0.29) is 5.75 Å². The van der Waals surface area contributed by atoms with Crippen molar-refractivity contribution < 1.29 is 8.42 Å². The van der Waals surface area contributed by atoms with Crippen LogP contribution in [0.2, 0.25) is 0 Å². The maximum absolute atomic E-state index is 11.8. The third kappa shape index (κ3) is 3.10. The molecule has 6 heteroatoms. The summed E-state index contributed by atoms with van der Waals surface area (Å²) in [6, 6.07) is 2.07. The summed E-state index contributed by atoms with van der Waals surface area (Å²) in [6.45, 7) is 2.93. The van der Waals surface area contributed by atoms with Crippen LogP contribution in [0.25, 0.3) is 0 Å². The van der Waals surface area contributed by atoms with Crippen LogP contribution in [0.15, 0.2) is 22.9 Å². The van der Waals surface area contributed by atoms with Gasteiger partial charge in [0.2, 0.25) is 10.0 Å². The van der Waals surface area contributed by atoms with Crippen LogP contribution in [0, 0.1) is 0 Å². The Morgan fingerprint density at radius 3 is 2.61 bits per heavy atom. The van der Waals surface area contributed by atoms with Gasteiger partial charge < -0.3 is 0 Å². The molecule has 0 saturated carbocycles. The molecule has 1 aliphatic rings. The number of rotatable bonds is 3. The molecule has 0 bridgehead atoms. The Morgan fingerprint density at radius 1 is 1.39 bits per heavy atom. The largest absolute Gasteiger partial charge is 0.263 e. The summed E-state index contributed by atoms with van der Waals surface area (Å²) in [5.41, 5.74) is 1.19. The Kier molecular flexibility index (Phi) is 4.40. The van der Waals surface area contributed by atoms with E-state index in [2.05, 4.69) is 27.0 Å². The molecule has 0 amide bonds. The van der Waals surface area contributed by atoms with Crippen molar-refractivity contribution in [1.82, 2.24) is 9.29 Å². The molecule has 0 aliphatic carbocycles. The summed E-state index contributed by atoms with van der Waals surface area (Å²) in [5, 5.41) is 0. The normalized spacial score (nSPS) is 19.0. The summed E-state index contributed by atoms with van der Waals surface area (Å²) < 4.78 is 26.1. The lowest BCUT2D eigenvalue weighted by Crippen LogP contribution is -2.38. The monoisotopic (exact) mass is 332 g/mol. The SMILES string of the molecule is CCS(=O)(=O)N1CCC(c2cncc(Br)c2)CC1. The minimum Gasteiger partial charge on any atom is -0.263 e. The fraction of sp³-hybridized carbons (Fsp3) is 0.583. The zero-order chi connectivity index (χ0) is 13.2. The fourth-order valence-electron chi connectivity index (χ4n) is 2.30. The molecule has 1 aromatic rings. The molecule has 1 fully saturated rings. The number of sulfonamides is 1. The van der Waals surface area contributed by atoms with Crippen molar-refractivity contribution >= 4 is 26.0 Å². The Hall–Kier alpha value is -0.460. The maximum atomic E-state index is 11.8. The quantitative estimate of drug-likeness (QED) is 0.853. The molecular formula is C12H17BrN2O2S. The predicted octanol–water partition coefficient (Wildman–Crippen LogP) is 2.37. The molecule has 4 nitrogen and oxygen atoms in total. The van der Waals surface area contributed by atoms with Crippen LogP contribution in [0.1, 0.15) is 31.2 Å². The lowest BCUT2D eigenvalue weighted by molar-refractivity contribution is 0.319. The number of hydrogen-bond donors (Lipinski definition) is 0. The summed E-state index contributed by atoms with van der Waals surface area (Å²) in [5.74, 6) is 0.606. The summed E-state index contributed by atoms with van der Waals surface area (Å²) in [4.78, 5) is 4.16. The van der Waals surface area contributed by atoms with Crippen LogP contribution in [0.3, 0.4) is 0 Å². The van der Waals surface area contributed by atoms with Gasteiger partial charge in [-0.15, -0.1) is 0 Å². The van der Waals surface area contributed by atoms with Gasteiger partial charge in [-0.05, 0) is 53.2 Å². The van der Waals surface area contributed by atoms with Crippen LogP contribution < -0.4 is 0 Å². The van der Waals surface area contributed by atoms with Crippen LogP contribution in [-0.4, -0.2) is 36.5 Å². The van der Waals surface area contributed by atoms with E-state index in [0.29, 0.717) is 19.0 Å². The van der Waals surface area contributed by atoms with Gasteiger partial charge in [-0.1, -0.05) is 0 Å². The Balaban J connectivity index is 2.03. The highest BCUT2D eigenvalue weighted by Gasteiger charge is 2.27. The van der Waals surface area contributed by atoms with Gasteiger partial charge in [-0.2, -0.15) is 0 Å². The molecule has 0 unspecified atom stereocenters. The molecule has 0 N–H and O–H groups in total. The smallest absolute Gasteiger partial charge is 0.213 e. The zero-order valence-electron chi connectivity index (χ0n) is 10.3. The van der Waals surface area contributed by atoms with Gasteiger partial charge in [0, 0.05) is 30.0 Å². The number of aromatic nitrogens is 1. The van der Waals surface area contributed by atoms with Crippen molar-refractivity contribution in [3.63, 3.8) is 0 Å². The molecule has 1 aliphatic heterocycles. The second kappa shape index (κ2) is 5.67.